The van der Waals surface area contributed by atoms with Crippen LogP contribution in [0.15, 0.2) is 18.2 Å². The van der Waals surface area contributed by atoms with E-state index in [2.05, 4.69) is 5.32 Å². The molecule has 0 aliphatic rings. The number of rotatable bonds is 2. The summed E-state index contributed by atoms with van der Waals surface area (Å²) in [6.07, 6.45) is 0. The van der Waals surface area contributed by atoms with Crippen molar-refractivity contribution in [2.75, 3.05) is 18.0 Å². The standard InChI is InChI=1S/C9H13N3O/c1-2-12-9(13)6-3-7(10)5-8(11)4-6/h3-5H,2,10-11H2,1H3,(H,12,13). The fraction of sp³-hybridized carbons (Fsp3) is 0.222. The monoisotopic (exact) mass is 179 g/mol. The Balaban J connectivity index is 2.94. The lowest BCUT2D eigenvalue weighted by Crippen LogP contribution is -2.22. The van der Waals surface area contributed by atoms with Crippen molar-refractivity contribution in [2.45, 2.75) is 6.92 Å². The van der Waals surface area contributed by atoms with Crippen LogP contribution in [-0.2, 0) is 0 Å². The largest absolute Gasteiger partial charge is 0.399 e. The molecule has 0 aliphatic heterocycles. The zero-order valence-corrected chi connectivity index (χ0v) is 7.50. The second-order valence-corrected chi connectivity index (χ2v) is 2.75. The van der Waals surface area contributed by atoms with Crippen LogP contribution in [0.2, 0.25) is 0 Å². The van der Waals surface area contributed by atoms with Gasteiger partial charge in [0, 0.05) is 23.5 Å². The van der Waals surface area contributed by atoms with Crippen LogP contribution < -0.4 is 16.8 Å². The van der Waals surface area contributed by atoms with Crippen LogP contribution in [0.3, 0.4) is 0 Å². The Bertz CT molecular complexity index is 302. The first-order chi connectivity index (χ1) is 6.13. The van der Waals surface area contributed by atoms with Crippen molar-refractivity contribution in [3.05, 3.63) is 23.8 Å². The van der Waals surface area contributed by atoms with Crippen LogP contribution >= 0.6 is 0 Å². The number of hydrogen-bond donors (Lipinski definition) is 3. The zero-order valence-electron chi connectivity index (χ0n) is 7.50. The van der Waals surface area contributed by atoms with Gasteiger partial charge in [-0.2, -0.15) is 0 Å². The molecule has 0 radical (unpaired) electrons. The second kappa shape index (κ2) is 3.80. The highest BCUT2D eigenvalue weighted by Gasteiger charge is 2.04. The predicted molar refractivity (Wildman–Crippen MR) is 53.3 cm³/mol. The average Bonchev–Trinajstić information content (AvgIpc) is 2.03. The molecule has 1 aromatic rings. The quantitative estimate of drug-likeness (QED) is 0.581. The first kappa shape index (κ1) is 9.38. The number of carbonyl (C=O) groups excluding carboxylic acids is 1. The molecule has 0 aromatic heterocycles. The maximum absolute atomic E-state index is 11.3. The van der Waals surface area contributed by atoms with Gasteiger partial charge in [-0.1, -0.05) is 0 Å². The number of nitrogen functional groups attached to an aromatic ring is 2. The van der Waals surface area contributed by atoms with Crippen molar-refractivity contribution in [1.82, 2.24) is 5.32 Å². The molecule has 0 fully saturated rings. The van der Waals surface area contributed by atoms with Crippen LogP contribution in [0.1, 0.15) is 17.3 Å². The Hall–Kier alpha value is -1.71. The summed E-state index contributed by atoms with van der Waals surface area (Å²) in [5, 5.41) is 2.67. The molecule has 0 spiro atoms. The molecule has 0 heterocycles. The molecule has 0 atom stereocenters. The molecule has 13 heavy (non-hydrogen) atoms. The van der Waals surface area contributed by atoms with Gasteiger partial charge in [-0.15, -0.1) is 0 Å². The number of nitrogens with two attached hydrogens (primary N) is 2. The summed E-state index contributed by atoms with van der Waals surface area (Å²) in [5.41, 5.74) is 12.6. The molecule has 1 amide bonds. The molecule has 1 rings (SSSR count). The van der Waals surface area contributed by atoms with Gasteiger partial charge in [0.25, 0.3) is 5.91 Å². The third kappa shape index (κ3) is 2.37. The maximum atomic E-state index is 11.3. The van der Waals surface area contributed by atoms with E-state index in [1.54, 1.807) is 18.2 Å². The molecule has 0 saturated carbocycles. The summed E-state index contributed by atoms with van der Waals surface area (Å²) in [4.78, 5) is 11.3. The lowest BCUT2D eigenvalue weighted by atomic mass is 10.1. The number of nitrogens with one attached hydrogen (secondary N) is 1. The number of amides is 1. The summed E-state index contributed by atoms with van der Waals surface area (Å²) >= 11 is 0. The number of hydrogen-bond acceptors (Lipinski definition) is 3. The smallest absolute Gasteiger partial charge is 0.251 e. The molecule has 4 nitrogen and oxygen atoms in total. The van der Waals surface area contributed by atoms with E-state index < -0.39 is 0 Å². The lowest BCUT2D eigenvalue weighted by molar-refractivity contribution is 0.0956. The van der Waals surface area contributed by atoms with Gasteiger partial charge < -0.3 is 16.8 Å². The van der Waals surface area contributed by atoms with Crippen LogP contribution in [0, 0.1) is 0 Å². The van der Waals surface area contributed by atoms with E-state index in [4.69, 9.17) is 11.5 Å². The molecular weight excluding hydrogens is 166 g/mol. The number of benzene rings is 1. The summed E-state index contributed by atoms with van der Waals surface area (Å²) in [6.45, 7) is 2.45. The third-order valence-corrected chi connectivity index (χ3v) is 1.58. The Morgan fingerprint density at radius 1 is 1.31 bits per heavy atom. The van der Waals surface area contributed by atoms with Crippen LogP contribution in [0.25, 0.3) is 0 Å². The minimum atomic E-state index is -0.151. The van der Waals surface area contributed by atoms with Gasteiger partial charge in [0.2, 0.25) is 0 Å². The first-order valence-electron chi connectivity index (χ1n) is 4.07. The van der Waals surface area contributed by atoms with Crippen molar-refractivity contribution in [2.24, 2.45) is 0 Å². The Labute approximate surface area is 76.9 Å². The first-order valence-corrected chi connectivity index (χ1v) is 4.07. The average molecular weight is 179 g/mol. The van der Waals surface area contributed by atoms with Gasteiger partial charge in [0.05, 0.1) is 0 Å². The van der Waals surface area contributed by atoms with Crippen molar-refractivity contribution in [3.8, 4) is 0 Å². The van der Waals surface area contributed by atoms with Crippen LogP contribution in [0.5, 0.6) is 0 Å². The van der Waals surface area contributed by atoms with E-state index in [1.165, 1.54) is 0 Å². The fourth-order valence-electron chi connectivity index (χ4n) is 1.07. The number of anilines is 2. The van der Waals surface area contributed by atoms with Crippen molar-refractivity contribution < 1.29 is 4.79 Å². The molecule has 1 aromatic carbocycles. The Morgan fingerprint density at radius 2 is 1.85 bits per heavy atom. The summed E-state index contributed by atoms with van der Waals surface area (Å²) in [6, 6.07) is 4.81. The highest BCUT2D eigenvalue weighted by atomic mass is 16.1. The normalized spacial score (nSPS) is 9.62. The fourth-order valence-corrected chi connectivity index (χ4v) is 1.07. The zero-order chi connectivity index (χ0) is 9.84. The molecule has 0 bridgehead atoms. The van der Waals surface area contributed by atoms with E-state index in [0.717, 1.165) is 0 Å². The molecule has 0 aliphatic carbocycles. The minimum absolute atomic E-state index is 0.151. The van der Waals surface area contributed by atoms with Gasteiger partial charge in [0.15, 0.2) is 0 Å². The van der Waals surface area contributed by atoms with Crippen LogP contribution in [0.4, 0.5) is 11.4 Å². The highest BCUT2D eigenvalue weighted by Crippen LogP contribution is 2.13. The Morgan fingerprint density at radius 3 is 2.31 bits per heavy atom. The van der Waals surface area contributed by atoms with Gasteiger partial charge in [-0.05, 0) is 25.1 Å². The van der Waals surface area contributed by atoms with E-state index in [1.807, 2.05) is 6.92 Å². The maximum Gasteiger partial charge on any atom is 0.251 e. The van der Waals surface area contributed by atoms with E-state index >= 15 is 0 Å². The number of carbonyl (C=O) groups is 1. The topological polar surface area (TPSA) is 81.1 Å². The van der Waals surface area contributed by atoms with Crippen molar-refractivity contribution in [3.63, 3.8) is 0 Å². The van der Waals surface area contributed by atoms with Crippen LogP contribution in [-0.4, -0.2) is 12.5 Å². The van der Waals surface area contributed by atoms with Crippen molar-refractivity contribution >= 4 is 17.3 Å². The van der Waals surface area contributed by atoms with Gasteiger partial charge in [0.1, 0.15) is 0 Å². The van der Waals surface area contributed by atoms with Crippen molar-refractivity contribution in [1.29, 1.82) is 0 Å². The summed E-state index contributed by atoms with van der Waals surface area (Å²) in [7, 11) is 0. The van der Waals surface area contributed by atoms with Gasteiger partial charge >= 0.3 is 0 Å². The molecule has 0 saturated heterocycles. The summed E-state index contributed by atoms with van der Waals surface area (Å²) in [5.74, 6) is -0.151. The summed E-state index contributed by atoms with van der Waals surface area (Å²) < 4.78 is 0. The van der Waals surface area contributed by atoms with E-state index in [0.29, 0.717) is 23.5 Å². The van der Waals surface area contributed by atoms with Gasteiger partial charge in [-0.3, -0.25) is 4.79 Å². The SMILES string of the molecule is CCNC(=O)c1cc(N)cc(N)c1. The van der Waals surface area contributed by atoms with Gasteiger partial charge in [-0.25, -0.2) is 0 Å². The molecule has 70 valence electrons. The highest BCUT2D eigenvalue weighted by molar-refractivity contribution is 5.96. The van der Waals surface area contributed by atoms with E-state index in [9.17, 15) is 4.79 Å². The minimum Gasteiger partial charge on any atom is -0.399 e. The molecule has 0 unspecified atom stereocenters. The van der Waals surface area contributed by atoms with E-state index in [-0.39, 0.29) is 5.91 Å². The second-order valence-electron chi connectivity index (χ2n) is 2.75. The Kier molecular flexibility index (Phi) is 2.74. The third-order valence-electron chi connectivity index (χ3n) is 1.58. The molecule has 4 heteroatoms. The molecule has 5 N–H and O–H groups in total. The lowest BCUT2D eigenvalue weighted by Gasteiger charge is -2.04. The molecular formula is C9H13N3O. The predicted octanol–water partition coefficient (Wildman–Crippen LogP) is 0.601.